The molecule has 3 N–H and O–H groups in total. The van der Waals surface area contributed by atoms with E-state index in [2.05, 4.69) is 4.98 Å². The first-order valence-electron chi connectivity index (χ1n) is 6.13. The average molecular weight is 267 g/mol. The molecular formula is C15H13N3O2. The smallest absolute Gasteiger partial charge is 0.267 e. The van der Waals surface area contributed by atoms with Gasteiger partial charge in [0.05, 0.1) is 22.3 Å². The summed E-state index contributed by atoms with van der Waals surface area (Å²) in [5.74, 6) is -0.00464. The molecule has 0 unspecified atom stereocenters. The molecule has 3 aromatic rings. The summed E-state index contributed by atoms with van der Waals surface area (Å²) in [4.78, 5) is 16.7. The number of phenolic OH excluding ortho intramolecular Hbond substituents is 1. The molecule has 1 aromatic heterocycles. The number of nitrogens with zero attached hydrogens (tertiary/aromatic N) is 2. The van der Waals surface area contributed by atoms with Gasteiger partial charge in [-0.3, -0.25) is 9.36 Å². The Hall–Kier alpha value is -2.82. The maximum atomic E-state index is 12.5. The maximum Gasteiger partial charge on any atom is 0.267 e. The van der Waals surface area contributed by atoms with E-state index in [0.29, 0.717) is 10.9 Å². The Morgan fingerprint density at radius 1 is 1.20 bits per heavy atom. The number of aromatic nitrogens is 2. The summed E-state index contributed by atoms with van der Waals surface area (Å²) in [5.41, 5.74) is 8.00. The number of benzene rings is 2. The lowest BCUT2D eigenvalue weighted by atomic mass is 10.2. The molecule has 0 fully saturated rings. The van der Waals surface area contributed by atoms with Crippen LogP contribution in [0.15, 0.2) is 47.5 Å². The molecule has 100 valence electrons. The zero-order chi connectivity index (χ0) is 14.3. The minimum atomic E-state index is -0.253. The van der Waals surface area contributed by atoms with Gasteiger partial charge < -0.3 is 10.8 Å². The van der Waals surface area contributed by atoms with E-state index in [1.807, 2.05) is 31.2 Å². The highest BCUT2D eigenvalue weighted by Gasteiger charge is 2.10. The number of nitrogen functional groups attached to an aromatic ring is 1. The van der Waals surface area contributed by atoms with Gasteiger partial charge in [0.15, 0.2) is 0 Å². The van der Waals surface area contributed by atoms with Crippen LogP contribution < -0.4 is 11.3 Å². The fourth-order valence-electron chi connectivity index (χ4n) is 2.15. The number of hydrogen-bond donors (Lipinski definition) is 2. The molecule has 0 spiro atoms. The van der Waals surface area contributed by atoms with Crippen LogP contribution in [0.4, 0.5) is 5.69 Å². The monoisotopic (exact) mass is 267 g/mol. The molecule has 0 radical (unpaired) electrons. The second-order valence-electron chi connectivity index (χ2n) is 4.68. The van der Waals surface area contributed by atoms with Crippen molar-refractivity contribution in [2.24, 2.45) is 0 Å². The first kappa shape index (κ1) is 12.2. The minimum absolute atomic E-state index is 0.00464. The third kappa shape index (κ3) is 1.89. The molecule has 0 amide bonds. The van der Waals surface area contributed by atoms with Crippen molar-refractivity contribution in [1.29, 1.82) is 0 Å². The standard InChI is InChI=1S/C15H13N3O2/c1-9-2-4-10(5-3-9)18-8-17-13-7-11(19)6-12(16)14(13)15(18)20/h2-8,19H,16H2,1H3. The van der Waals surface area contributed by atoms with Crippen molar-refractivity contribution in [3.8, 4) is 11.4 Å². The van der Waals surface area contributed by atoms with Crippen molar-refractivity contribution in [2.75, 3.05) is 5.73 Å². The second-order valence-corrected chi connectivity index (χ2v) is 4.68. The Balaban J connectivity index is 2.31. The summed E-state index contributed by atoms with van der Waals surface area (Å²) < 4.78 is 1.44. The van der Waals surface area contributed by atoms with Gasteiger partial charge in [-0.2, -0.15) is 0 Å². The van der Waals surface area contributed by atoms with Gasteiger partial charge in [0.2, 0.25) is 0 Å². The fraction of sp³-hybridized carbons (Fsp3) is 0.0667. The van der Waals surface area contributed by atoms with Gasteiger partial charge >= 0.3 is 0 Å². The summed E-state index contributed by atoms with van der Waals surface area (Å²) in [6.45, 7) is 1.98. The summed E-state index contributed by atoms with van der Waals surface area (Å²) >= 11 is 0. The topological polar surface area (TPSA) is 81.1 Å². The molecule has 3 rings (SSSR count). The van der Waals surface area contributed by atoms with E-state index in [1.54, 1.807) is 0 Å². The molecule has 0 bridgehead atoms. The number of rotatable bonds is 1. The number of fused-ring (bicyclic) bond motifs is 1. The van der Waals surface area contributed by atoms with Gasteiger partial charge in [0.25, 0.3) is 5.56 Å². The molecule has 0 aliphatic carbocycles. The fourth-order valence-corrected chi connectivity index (χ4v) is 2.15. The number of nitrogens with two attached hydrogens (primary N) is 1. The first-order chi connectivity index (χ1) is 9.56. The van der Waals surface area contributed by atoms with Gasteiger partial charge in [-0.1, -0.05) is 17.7 Å². The number of hydrogen-bond acceptors (Lipinski definition) is 4. The number of aryl methyl sites for hydroxylation is 1. The van der Waals surface area contributed by atoms with Crippen LogP contribution in [0.1, 0.15) is 5.56 Å². The molecule has 2 aromatic carbocycles. The summed E-state index contributed by atoms with van der Waals surface area (Å²) in [6.07, 6.45) is 1.44. The second kappa shape index (κ2) is 4.38. The van der Waals surface area contributed by atoms with Gasteiger partial charge in [0.1, 0.15) is 12.1 Å². The lowest BCUT2D eigenvalue weighted by molar-refractivity contribution is 0.476. The number of anilines is 1. The molecule has 20 heavy (non-hydrogen) atoms. The van der Waals surface area contributed by atoms with Crippen LogP contribution in [0.3, 0.4) is 0 Å². The van der Waals surface area contributed by atoms with Gasteiger partial charge in [-0.05, 0) is 19.1 Å². The van der Waals surface area contributed by atoms with Crippen molar-refractivity contribution < 1.29 is 5.11 Å². The molecule has 0 saturated heterocycles. The quantitative estimate of drug-likeness (QED) is 0.661. The zero-order valence-electron chi connectivity index (χ0n) is 10.9. The third-order valence-corrected chi connectivity index (χ3v) is 3.19. The SMILES string of the molecule is Cc1ccc(-n2cnc3cc(O)cc(N)c3c2=O)cc1. The van der Waals surface area contributed by atoms with Gasteiger partial charge in [0, 0.05) is 12.1 Å². The number of aromatic hydroxyl groups is 1. The highest BCUT2D eigenvalue weighted by atomic mass is 16.3. The van der Waals surface area contributed by atoms with Gasteiger partial charge in [-0.25, -0.2) is 4.98 Å². The van der Waals surface area contributed by atoms with Crippen LogP contribution in [0.5, 0.6) is 5.75 Å². The van der Waals surface area contributed by atoms with Crippen LogP contribution >= 0.6 is 0 Å². The number of phenols is 1. The lowest BCUT2D eigenvalue weighted by Gasteiger charge is -2.08. The van der Waals surface area contributed by atoms with Crippen LogP contribution in [-0.4, -0.2) is 14.7 Å². The Bertz CT molecular complexity index is 851. The summed E-state index contributed by atoms with van der Waals surface area (Å²) in [5, 5.41) is 9.80. The lowest BCUT2D eigenvalue weighted by Crippen LogP contribution is -2.19. The molecule has 5 heteroatoms. The average Bonchev–Trinajstić information content (AvgIpc) is 2.39. The molecule has 0 aliphatic heterocycles. The third-order valence-electron chi connectivity index (χ3n) is 3.19. The Morgan fingerprint density at radius 2 is 1.90 bits per heavy atom. The van der Waals surface area contributed by atoms with E-state index < -0.39 is 0 Å². The van der Waals surface area contributed by atoms with Crippen LogP contribution in [0, 0.1) is 6.92 Å². The summed E-state index contributed by atoms with van der Waals surface area (Å²) in [6, 6.07) is 10.3. The van der Waals surface area contributed by atoms with E-state index >= 15 is 0 Å². The van der Waals surface area contributed by atoms with E-state index in [0.717, 1.165) is 11.3 Å². The molecule has 5 nitrogen and oxygen atoms in total. The van der Waals surface area contributed by atoms with Crippen molar-refractivity contribution >= 4 is 16.6 Å². The van der Waals surface area contributed by atoms with E-state index in [9.17, 15) is 9.90 Å². The molecule has 0 aliphatic rings. The maximum absolute atomic E-state index is 12.5. The molecule has 0 atom stereocenters. The van der Waals surface area contributed by atoms with E-state index in [-0.39, 0.29) is 17.0 Å². The highest BCUT2D eigenvalue weighted by Crippen LogP contribution is 2.22. The van der Waals surface area contributed by atoms with Gasteiger partial charge in [-0.15, -0.1) is 0 Å². The zero-order valence-corrected chi connectivity index (χ0v) is 10.9. The van der Waals surface area contributed by atoms with Crippen molar-refractivity contribution in [2.45, 2.75) is 6.92 Å². The van der Waals surface area contributed by atoms with E-state index in [4.69, 9.17) is 5.73 Å². The molecule has 0 saturated carbocycles. The van der Waals surface area contributed by atoms with Crippen LogP contribution in [0.25, 0.3) is 16.6 Å². The molecular weight excluding hydrogens is 254 g/mol. The summed E-state index contributed by atoms with van der Waals surface area (Å²) in [7, 11) is 0. The minimum Gasteiger partial charge on any atom is -0.508 e. The molecule has 1 heterocycles. The largest absolute Gasteiger partial charge is 0.508 e. The first-order valence-corrected chi connectivity index (χ1v) is 6.13. The Labute approximate surface area is 114 Å². The Kier molecular flexibility index (Phi) is 2.68. The predicted molar refractivity (Wildman–Crippen MR) is 78.2 cm³/mol. The Morgan fingerprint density at radius 3 is 2.60 bits per heavy atom. The van der Waals surface area contributed by atoms with Crippen molar-refractivity contribution in [3.05, 3.63) is 58.6 Å². The van der Waals surface area contributed by atoms with Crippen LogP contribution in [0.2, 0.25) is 0 Å². The van der Waals surface area contributed by atoms with E-state index in [1.165, 1.54) is 23.0 Å². The van der Waals surface area contributed by atoms with Crippen molar-refractivity contribution in [3.63, 3.8) is 0 Å². The normalized spacial score (nSPS) is 10.8. The van der Waals surface area contributed by atoms with Crippen LogP contribution in [-0.2, 0) is 0 Å². The van der Waals surface area contributed by atoms with Crippen molar-refractivity contribution in [1.82, 2.24) is 9.55 Å². The predicted octanol–water partition coefficient (Wildman–Crippen LogP) is 1.98. The highest BCUT2D eigenvalue weighted by molar-refractivity contribution is 5.90.